The van der Waals surface area contributed by atoms with Gasteiger partial charge in [-0.1, -0.05) is 6.92 Å². The maximum Gasteiger partial charge on any atom is 0.225 e. The summed E-state index contributed by atoms with van der Waals surface area (Å²) in [7, 11) is 0. The number of nitrogens with zero attached hydrogens (tertiary/aromatic N) is 4. The van der Waals surface area contributed by atoms with Crippen molar-refractivity contribution in [1.82, 2.24) is 19.7 Å². The molecule has 0 saturated carbocycles. The van der Waals surface area contributed by atoms with Crippen molar-refractivity contribution >= 4 is 11.6 Å². The summed E-state index contributed by atoms with van der Waals surface area (Å²) in [5, 5.41) is 4.34. The van der Waals surface area contributed by atoms with Gasteiger partial charge in [0.05, 0.1) is 12.4 Å². The molecule has 0 bridgehead atoms. The average molecular weight is 253 g/mol. The van der Waals surface area contributed by atoms with Crippen LogP contribution in [0.5, 0.6) is 11.6 Å². The molecule has 0 atom stereocenters. The van der Waals surface area contributed by atoms with Crippen molar-refractivity contribution in [3.05, 3.63) is 29.4 Å². The van der Waals surface area contributed by atoms with Gasteiger partial charge in [-0.05, 0) is 24.9 Å². The fourth-order valence-electron chi connectivity index (χ4n) is 1.43. The molecule has 0 amide bonds. The Morgan fingerprint density at radius 2 is 2.24 bits per heavy atom. The molecule has 0 aromatic carbocycles. The number of ether oxygens (including phenoxy) is 1. The highest BCUT2D eigenvalue weighted by atomic mass is 35.5. The summed E-state index contributed by atoms with van der Waals surface area (Å²) in [6.07, 6.45) is 4.51. The van der Waals surface area contributed by atoms with E-state index in [-0.39, 0.29) is 5.28 Å². The molecule has 0 N–H and O–H groups in total. The topological polar surface area (TPSA) is 52.8 Å². The lowest BCUT2D eigenvalue weighted by Gasteiger charge is -2.02. The van der Waals surface area contributed by atoms with E-state index in [0.717, 1.165) is 18.7 Å². The van der Waals surface area contributed by atoms with Crippen molar-refractivity contribution in [2.75, 3.05) is 0 Å². The molecule has 0 radical (unpaired) electrons. The molecule has 6 heteroatoms. The van der Waals surface area contributed by atoms with E-state index in [1.807, 2.05) is 17.8 Å². The van der Waals surface area contributed by atoms with Gasteiger partial charge in [0.2, 0.25) is 11.2 Å². The van der Waals surface area contributed by atoms with Crippen molar-refractivity contribution in [1.29, 1.82) is 0 Å². The highest BCUT2D eigenvalue weighted by Crippen LogP contribution is 2.20. The van der Waals surface area contributed by atoms with Gasteiger partial charge in [-0.25, -0.2) is 4.98 Å². The lowest BCUT2D eigenvalue weighted by atomic mass is 10.4. The van der Waals surface area contributed by atoms with Crippen molar-refractivity contribution in [2.24, 2.45) is 0 Å². The summed E-state index contributed by atoms with van der Waals surface area (Å²) in [6.45, 7) is 4.80. The summed E-state index contributed by atoms with van der Waals surface area (Å²) in [5.74, 6) is 1.08. The zero-order chi connectivity index (χ0) is 12.3. The molecule has 0 saturated heterocycles. The van der Waals surface area contributed by atoms with Gasteiger partial charge >= 0.3 is 0 Å². The molecule has 0 unspecified atom stereocenters. The van der Waals surface area contributed by atoms with E-state index < -0.39 is 0 Å². The van der Waals surface area contributed by atoms with Gasteiger partial charge < -0.3 is 4.74 Å². The lowest BCUT2D eigenvalue weighted by molar-refractivity contribution is 0.459. The SMILES string of the molecule is CCCn1cc(Oc2cc(C)nc(Cl)n2)cn1. The molecule has 90 valence electrons. The average Bonchev–Trinajstić information content (AvgIpc) is 2.64. The van der Waals surface area contributed by atoms with Gasteiger partial charge in [0.25, 0.3) is 0 Å². The van der Waals surface area contributed by atoms with Crippen LogP contribution < -0.4 is 4.74 Å². The second kappa shape index (κ2) is 5.14. The monoisotopic (exact) mass is 252 g/mol. The Morgan fingerprint density at radius 1 is 1.41 bits per heavy atom. The third-order valence-corrected chi connectivity index (χ3v) is 2.26. The van der Waals surface area contributed by atoms with E-state index in [2.05, 4.69) is 22.0 Å². The molecule has 0 spiro atoms. The molecule has 2 heterocycles. The van der Waals surface area contributed by atoms with Crippen LogP contribution in [0.4, 0.5) is 0 Å². The number of rotatable bonds is 4. The zero-order valence-corrected chi connectivity index (χ0v) is 10.5. The standard InChI is InChI=1S/C11H13ClN4O/c1-3-4-16-7-9(6-13-16)17-10-5-8(2)14-11(12)15-10/h5-7H,3-4H2,1-2H3. The Labute approximate surface area is 104 Å². The predicted molar refractivity (Wildman–Crippen MR) is 64.4 cm³/mol. The van der Waals surface area contributed by atoms with E-state index in [1.165, 1.54) is 0 Å². The van der Waals surface area contributed by atoms with Crippen LogP contribution in [0.1, 0.15) is 19.0 Å². The Morgan fingerprint density at radius 3 is 2.94 bits per heavy atom. The van der Waals surface area contributed by atoms with Crippen LogP contribution in [-0.4, -0.2) is 19.7 Å². The smallest absolute Gasteiger partial charge is 0.225 e. The normalized spacial score (nSPS) is 10.5. The van der Waals surface area contributed by atoms with Crippen molar-refractivity contribution in [3.63, 3.8) is 0 Å². The Kier molecular flexibility index (Phi) is 3.58. The van der Waals surface area contributed by atoms with Gasteiger partial charge in [-0.15, -0.1) is 0 Å². The largest absolute Gasteiger partial charge is 0.436 e. The first-order valence-electron chi connectivity index (χ1n) is 5.39. The first-order valence-corrected chi connectivity index (χ1v) is 5.76. The molecule has 2 aromatic heterocycles. The third kappa shape index (κ3) is 3.17. The quantitative estimate of drug-likeness (QED) is 0.785. The number of aryl methyl sites for hydroxylation is 2. The number of hydrogen-bond donors (Lipinski definition) is 0. The summed E-state index contributed by atoms with van der Waals surface area (Å²) in [5.41, 5.74) is 0.765. The van der Waals surface area contributed by atoms with Crippen LogP contribution >= 0.6 is 11.6 Å². The maximum atomic E-state index is 5.75. The second-order valence-corrected chi connectivity index (χ2v) is 4.00. The Hall–Kier alpha value is -1.62. The molecule has 0 aliphatic heterocycles. The number of hydrogen-bond acceptors (Lipinski definition) is 4. The zero-order valence-electron chi connectivity index (χ0n) is 9.72. The van der Waals surface area contributed by atoms with Gasteiger partial charge in [0.1, 0.15) is 0 Å². The van der Waals surface area contributed by atoms with E-state index in [1.54, 1.807) is 12.3 Å². The van der Waals surface area contributed by atoms with Gasteiger partial charge in [-0.2, -0.15) is 10.1 Å². The minimum Gasteiger partial charge on any atom is -0.436 e. The van der Waals surface area contributed by atoms with Crippen LogP contribution in [-0.2, 0) is 6.54 Å². The van der Waals surface area contributed by atoms with E-state index in [4.69, 9.17) is 16.3 Å². The van der Waals surface area contributed by atoms with E-state index in [9.17, 15) is 0 Å². The fourth-order valence-corrected chi connectivity index (χ4v) is 1.64. The minimum atomic E-state index is 0.181. The number of aromatic nitrogens is 4. The highest BCUT2D eigenvalue weighted by molar-refractivity contribution is 6.28. The first kappa shape index (κ1) is 11.9. The van der Waals surface area contributed by atoms with Crippen LogP contribution in [0.15, 0.2) is 18.5 Å². The summed E-state index contributed by atoms with van der Waals surface area (Å²) < 4.78 is 7.37. The first-order chi connectivity index (χ1) is 8.17. The molecule has 0 aliphatic rings. The van der Waals surface area contributed by atoms with Gasteiger partial charge in [-0.3, -0.25) is 4.68 Å². The van der Waals surface area contributed by atoms with Gasteiger partial charge in [0.15, 0.2) is 5.75 Å². The van der Waals surface area contributed by atoms with Crippen molar-refractivity contribution in [2.45, 2.75) is 26.8 Å². The predicted octanol–water partition coefficient (Wildman–Crippen LogP) is 2.84. The molecule has 2 aromatic rings. The Bertz CT molecular complexity index is 492. The van der Waals surface area contributed by atoms with Crippen LogP contribution in [0.2, 0.25) is 5.28 Å². The Balaban J connectivity index is 2.13. The highest BCUT2D eigenvalue weighted by Gasteiger charge is 2.04. The van der Waals surface area contributed by atoms with E-state index in [0.29, 0.717) is 11.6 Å². The third-order valence-electron chi connectivity index (χ3n) is 2.09. The second-order valence-electron chi connectivity index (χ2n) is 3.66. The van der Waals surface area contributed by atoms with E-state index >= 15 is 0 Å². The molecule has 5 nitrogen and oxygen atoms in total. The van der Waals surface area contributed by atoms with Crippen molar-refractivity contribution in [3.8, 4) is 11.6 Å². The molecule has 0 fully saturated rings. The van der Waals surface area contributed by atoms with Crippen molar-refractivity contribution < 1.29 is 4.74 Å². The van der Waals surface area contributed by atoms with Gasteiger partial charge in [0, 0.05) is 18.3 Å². The molecule has 0 aliphatic carbocycles. The van der Waals surface area contributed by atoms with Crippen LogP contribution in [0, 0.1) is 6.92 Å². The fraction of sp³-hybridized carbons (Fsp3) is 0.364. The van der Waals surface area contributed by atoms with Crippen LogP contribution in [0.3, 0.4) is 0 Å². The van der Waals surface area contributed by atoms with Crippen LogP contribution in [0.25, 0.3) is 0 Å². The molecule has 2 rings (SSSR count). The molecule has 17 heavy (non-hydrogen) atoms. The lowest BCUT2D eigenvalue weighted by Crippen LogP contribution is -1.95. The molecular formula is C11H13ClN4O. The number of halogens is 1. The maximum absolute atomic E-state index is 5.75. The summed E-state index contributed by atoms with van der Waals surface area (Å²) in [6, 6.07) is 1.73. The summed E-state index contributed by atoms with van der Waals surface area (Å²) in [4.78, 5) is 7.94. The summed E-state index contributed by atoms with van der Waals surface area (Å²) >= 11 is 5.75. The minimum absolute atomic E-state index is 0.181. The molecular weight excluding hydrogens is 240 g/mol.